The molecule has 0 radical (unpaired) electrons. The van der Waals surface area contributed by atoms with Gasteiger partial charge in [-0.3, -0.25) is 9.80 Å². The second-order valence-electron chi connectivity index (χ2n) is 31.6. The van der Waals surface area contributed by atoms with Crippen LogP contribution in [0.15, 0.2) is 24.3 Å². The number of nitrogens with zero attached hydrogens (tertiary/aromatic N) is 2. The van der Waals surface area contributed by atoms with Crippen molar-refractivity contribution in [2.24, 2.45) is 64.6 Å². The van der Waals surface area contributed by atoms with Crippen LogP contribution in [0.2, 0.25) is 0 Å². The summed E-state index contributed by atoms with van der Waals surface area (Å²) < 4.78 is 14.5. The van der Waals surface area contributed by atoms with Gasteiger partial charge in [-0.1, -0.05) is 186 Å². The normalized spacial score (nSPS) is 40.6. The van der Waals surface area contributed by atoms with Gasteiger partial charge in [-0.15, -0.1) is 0 Å². The van der Waals surface area contributed by atoms with E-state index in [4.69, 9.17) is 9.47 Å². The minimum atomic E-state index is 0.393. The zero-order chi connectivity index (χ0) is 56.8. The predicted octanol–water partition coefficient (Wildman–Crippen LogP) is 22.3. The molecule has 83 heavy (non-hydrogen) atoms. The van der Waals surface area contributed by atoms with Crippen LogP contribution in [0.25, 0.3) is 0 Å². The molecule has 4 nitrogen and oxygen atoms in total. The predicted molar refractivity (Wildman–Crippen MR) is 360 cm³/mol. The van der Waals surface area contributed by atoms with Gasteiger partial charge >= 0.3 is 0 Å². The van der Waals surface area contributed by atoms with E-state index in [1.54, 1.807) is 0 Å². The summed E-state index contributed by atoms with van der Waals surface area (Å²) in [5.41, 5.74) is 0.407. The highest BCUT2D eigenvalue weighted by atomic mass is 79.9. The molecule has 0 saturated heterocycles. The molecule has 0 aliphatic heterocycles. The lowest BCUT2D eigenvalue weighted by Crippen LogP contribution is -2.53. The Bertz CT molecular complexity index is 1710. The zero-order valence-corrected chi connectivity index (χ0v) is 57.4. The van der Waals surface area contributed by atoms with E-state index in [2.05, 4.69) is 79.8 Å². The maximum absolute atomic E-state index is 7.26. The van der Waals surface area contributed by atoms with Crippen LogP contribution in [0.1, 0.15) is 322 Å². The minimum Gasteiger partial charge on any atom is -0.378 e. The van der Waals surface area contributed by atoms with E-state index in [1.165, 1.54) is 308 Å². The van der Waals surface area contributed by atoms with E-state index in [-0.39, 0.29) is 0 Å². The van der Waals surface area contributed by atoms with Crippen LogP contribution in [-0.4, -0.2) is 81.1 Å². The van der Waals surface area contributed by atoms with Crippen molar-refractivity contribution in [3.63, 3.8) is 0 Å². The van der Waals surface area contributed by atoms with E-state index in [0.717, 1.165) is 96.8 Å². The fraction of sp³-hybridized carbons (Fsp3) is 0.948. The van der Waals surface area contributed by atoms with E-state index >= 15 is 0 Å². The number of alkyl halides is 2. The second-order valence-corrected chi connectivity index (χ2v) is 34.2. The lowest BCUT2D eigenvalue weighted by atomic mass is 9.47. The molecule has 474 valence electrons. The van der Waals surface area contributed by atoms with Crippen molar-refractivity contribution in [3.8, 4) is 0 Å². The van der Waals surface area contributed by atoms with Crippen molar-refractivity contribution >= 4 is 31.9 Å². The highest BCUT2D eigenvalue weighted by Crippen LogP contribution is 2.73. The molecular formula is C77H130Br2N2O2. The van der Waals surface area contributed by atoms with Gasteiger partial charge in [0.25, 0.3) is 0 Å². The summed E-state index contributed by atoms with van der Waals surface area (Å²) in [6.07, 6.45) is 80.2. The van der Waals surface area contributed by atoms with Gasteiger partial charge in [0.2, 0.25) is 0 Å². The van der Waals surface area contributed by atoms with Gasteiger partial charge in [-0.05, 0) is 245 Å². The Labute approximate surface area is 530 Å². The topological polar surface area (TPSA) is 24.9 Å². The second kappa shape index (κ2) is 33.0. The summed E-state index contributed by atoms with van der Waals surface area (Å²) in [7, 11) is 0. The Morgan fingerprint density at radius 3 is 1.05 bits per heavy atom. The first-order chi connectivity index (χ1) is 40.9. The summed E-state index contributed by atoms with van der Waals surface area (Å²) in [5, 5.41) is 0. The molecule has 11 saturated carbocycles. The summed E-state index contributed by atoms with van der Waals surface area (Å²) in [6, 6.07) is 5.15. The van der Waals surface area contributed by atoms with Gasteiger partial charge in [0.15, 0.2) is 0 Å². The number of hydrogen-bond donors (Lipinski definition) is 0. The first-order valence-corrected chi connectivity index (χ1v) is 40.2. The third-order valence-electron chi connectivity index (χ3n) is 26.8. The van der Waals surface area contributed by atoms with Crippen molar-refractivity contribution in [1.29, 1.82) is 0 Å². The van der Waals surface area contributed by atoms with Gasteiger partial charge in [-0.2, -0.15) is 0 Å². The lowest BCUT2D eigenvalue weighted by molar-refractivity contribution is -0.118. The summed E-state index contributed by atoms with van der Waals surface area (Å²) in [5.74, 6) is 7.74. The molecule has 11 aliphatic carbocycles. The van der Waals surface area contributed by atoms with Crippen molar-refractivity contribution < 1.29 is 9.47 Å². The number of allylic oxidation sites excluding steroid dienone is 2. The average molecular weight is 1280 g/mol. The summed E-state index contributed by atoms with van der Waals surface area (Å²) in [4.78, 5) is 7.79. The molecule has 12 atom stereocenters. The highest BCUT2D eigenvalue weighted by Gasteiger charge is 2.67. The number of unbranched alkanes of at least 4 members (excludes halogenated alkanes) is 6. The molecule has 0 bridgehead atoms. The van der Waals surface area contributed by atoms with Crippen LogP contribution >= 0.6 is 31.9 Å². The summed E-state index contributed by atoms with van der Waals surface area (Å²) in [6.45, 7) is 6.67. The summed E-state index contributed by atoms with van der Waals surface area (Å²) >= 11 is 8.89. The molecule has 0 aromatic carbocycles. The third-order valence-corrected chi connectivity index (χ3v) is 28.5. The molecule has 11 rings (SSSR count). The standard InChI is InChI=1S/C77H130Br2N2O2/c1-3-5-7-21-51-82-75-49-39-61(53-59(75)37-31-57-33-43-69(44-34-57)80(65-23-13-9-14-24-65)66-25-15-10-16-26-66)77(73-55-63(78)41-47-71(73)72-48-42-64(79)56-74(72)77)62-40-50-76(83-52-22-8-6-4-2)60(54-62)38-32-58-35-45-70(46-36-58)81(67-27-17-11-18-28-67)68-29-19-12-20-30-68/h31-32,37-38,57-76H,3-30,33-36,39-56H2,1-2H3/b37-31+,38-32+. The maximum atomic E-state index is 7.26. The molecule has 0 aromatic heterocycles. The Balaban J connectivity index is 0.850. The number of halogens is 2. The van der Waals surface area contributed by atoms with Gasteiger partial charge in [-0.25, -0.2) is 0 Å². The monoisotopic (exact) mass is 1270 g/mol. The first kappa shape index (κ1) is 64.8. The molecule has 6 heteroatoms. The Morgan fingerprint density at radius 2 is 0.699 bits per heavy atom. The van der Waals surface area contributed by atoms with Crippen molar-refractivity contribution in [2.75, 3.05) is 13.2 Å². The van der Waals surface area contributed by atoms with Crippen LogP contribution in [0.4, 0.5) is 0 Å². The lowest BCUT2D eigenvalue weighted by Gasteiger charge is -2.58. The Kier molecular flexibility index (Phi) is 25.8. The van der Waals surface area contributed by atoms with Crippen LogP contribution in [0, 0.1) is 64.6 Å². The van der Waals surface area contributed by atoms with Gasteiger partial charge < -0.3 is 9.47 Å². The molecule has 0 amide bonds. The minimum absolute atomic E-state index is 0.393. The molecule has 0 spiro atoms. The largest absolute Gasteiger partial charge is 0.378 e. The SMILES string of the molecule is CCCCCCOC1CCC(C2(C3CCC(OCCCCCC)C(/C=C/C4CCC(N(C5CCCCC5)C5CCCCC5)CC4)C3)C3CC(Br)CCC3C3CCC(Br)CC32)CC1/C=C/C1CCC(N(C2CCCCC2)C2CCCCC2)CC1. The smallest absolute Gasteiger partial charge is 0.0637 e. The molecule has 12 unspecified atom stereocenters. The van der Waals surface area contributed by atoms with E-state index < -0.39 is 0 Å². The zero-order valence-electron chi connectivity index (χ0n) is 54.2. The molecular weight excluding hydrogens is 1140 g/mol. The average Bonchev–Trinajstić information content (AvgIpc) is 2.29. The number of hydrogen-bond acceptors (Lipinski definition) is 4. The van der Waals surface area contributed by atoms with Gasteiger partial charge in [0.1, 0.15) is 0 Å². The molecule has 11 aliphatic rings. The molecule has 0 N–H and O–H groups in total. The van der Waals surface area contributed by atoms with Crippen molar-refractivity contribution in [2.45, 2.75) is 380 Å². The quantitative estimate of drug-likeness (QED) is 0.0546. The van der Waals surface area contributed by atoms with Crippen LogP contribution < -0.4 is 0 Å². The third kappa shape index (κ3) is 16.3. The highest BCUT2D eigenvalue weighted by molar-refractivity contribution is 9.09. The number of fused-ring (bicyclic) bond motifs is 3. The van der Waals surface area contributed by atoms with Crippen LogP contribution in [0.3, 0.4) is 0 Å². The number of rotatable bonds is 24. The van der Waals surface area contributed by atoms with Crippen molar-refractivity contribution in [1.82, 2.24) is 9.80 Å². The fourth-order valence-electron chi connectivity index (χ4n) is 23.0. The van der Waals surface area contributed by atoms with Gasteiger partial charge in [0.05, 0.1) is 12.2 Å². The fourth-order valence-corrected chi connectivity index (χ4v) is 24.3. The van der Waals surface area contributed by atoms with E-state index in [0.29, 0.717) is 39.1 Å². The maximum Gasteiger partial charge on any atom is 0.0637 e. The van der Waals surface area contributed by atoms with Gasteiger partial charge in [0, 0.05) is 71.0 Å². The molecule has 11 fully saturated rings. The number of ether oxygens (including phenoxy) is 2. The van der Waals surface area contributed by atoms with E-state index in [1.807, 2.05) is 0 Å². The van der Waals surface area contributed by atoms with E-state index in [9.17, 15) is 0 Å². The van der Waals surface area contributed by atoms with Crippen molar-refractivity contribution in [3.05, 3.63) is 24.3 Å². The molecule has 0 aromatic rings. The Hall–Kier alpha value is 0.280. The Morgan fingerprint density at radius 1 is 0.349 bits per heavy atom. The molecule has 0 heterocycles. The van der Waals surface area contributed by atoms with Crippen LogP contribution in [-0.2, 0) is 9.47 Å². The first-order valence-electron chi connectivity index (χ1n) is 38.3. The van der Waals surface area contributed by atoms with Crippen LogP contribution in [0.5, 0.6) is 0 Å².